The van der Waals surface area contributed by atoms with Crippen LogP contribution in [0.5, 0.6) is 0 Å². The van der Waals surface area contributed by atoms with Gasteiger partial charge < -0.3 is 31.6 Å². The van der Waals surface area contributed by atoms with E-state index < -0.39 is 24.0 Å². The molecular weight excluding hydrogens is 392 g/mol. The second-order valence-corrected chi connectivity index (χ2v) is 5.76. The molecule has 0 fully saturated rings. The Balaban J connectivity index is 0.000000300. The van der Waals surface area contributed by atoms with Crippen molar-refractivity contribution in [3.05, 3.63) is 71.8 Å². The quantitative estimate of drug-likeness (QED) is 0.497. The van der Waals surface area contributed by atoms with Crippen molar-refractivity contribution in [1.29, 1.82) is 0 Å². The van der Waals surface area contributed by atoms with Crippen LogP contribution in [0.4, 0.5) is 9.59 Å². The van der Waals surface area contributed by atoms with Gasteiger partial charge in [0.15, 0.2) is 0 Å². The SMILES string of the molecule is NC(=O)CNC(=O)OCc1ccccc1.NC(=O)CNC(=O)OCc1ccccc1. The van der Waals surface area contributed by atoms with Gasteiger partial charge in [-0.05, 0) is 11.1 Å². The van der Waals surface area contributed by atoms with E-state index in [4.69, 9.17) is 20.9 Å². The predicted octanol–water partition coefficient (Wildman–Crippen LogP) is 0.796. The van der Waals surface area contributed by atoms with Crippen LogP contribution in [-0.4, -0.2) is 37.1 Å². The van der Waals surface area contributed by atoms with E-state index in [0.29, 0.717) is 0 Å². The van der Waals surface area contributed by atoms with Crippen LogP contribution >= 0.6 is 0 Å². The summed E-state index contributed by atoms with van der Waals surface area (Å²) in [5, 5.41) is 4.43. The molecule has 2 aromatic rings. The maximum atomic E-state index is 11.0. The summed E-state index contributed by atoms with van der Waals surface area (Å²) in [5.41, 5.74) is 11.4. The molecule has 0 aliphatic rings. The molecule has 30 heavy (non-hydrogen) atoms. The van der Waals surface area contributed by atoms with E-state index in [9.17, 15) is 19.2 Å². The molecular formula is C20H24N4O6. The van der Waals surface area contributed by atoms with Crippen molar-refractivity contribution in [3.8, 4) is 0 Å². The molecule has 6 N–H and O–H groups in total. The molecule has 10 nitrogen and oxygen atoms in total. The minimum atomic E-state index is -0.655. The second kappa shape index (κ2) is 14.0. The fourth-order valence-electron chi connectivity index (χ4n) is 1.87. The Hall–Kier alpha value is -4.08. The van der Waals surface area contributed by atoms with Gasteiger partial charge in [0.25, 0.3) is 0 Å². The lowest BCUT2D eigenvalue weighted by Gasteiger charge is -2.05. The van der Waals surface area contributed by atoms with Gasteiger partial charge >= 0.3 is 12.2 Å². The maximum absolute atomic E-state index is 11.0. The Morgan fingerprint density at radius 3 is 1.27 bits per heavy atom. The largest absolute Gasteiger partial charge is 0.445 e. The Labute approximate surface area is 173 Å². The van der Waals surface area contributed by atoms with Gasteiger partial charge in [-0.1, -0.05) is 60.7 Å². The zero-order valence-electron chi connectivity index (χ0n) is 16.2. The molecule has 2 aromatic carbocycles. The molecule has 0 bridgehead atoms. The van der Waals surface area contributed by atoms with E-state index in [0.717, 1.165) is 11.1 Å². The Morgan fingerprint density at radius 2 is 0.967 bits per heavy atom. The van der Waals surface area contributed by atoms with Crippen LogP contribution in [0.15, 0.2) is 60.7 Å². The van der Waals surface area contributed by atoms with Gasteiger partial charge in [-0.25, -0.2) is 9.59 Å². The zero-order valence-corrected chi connectivity index (χ0v) is 16.2. The van der Waals surface area contributed by atoms with Crippen molar-refractivity contribution in [2.24, 2.45) is 11.5 Å². The number of primary amides is 2. The summed E-state index contributed by atoms with van der Waals surface area (Å²) < 4.78 is 9.64. The number of carbonyl (C=O) groups is 4. The van der Waals surface area contributed by atoms with Crippen molar-refractivity contribution in [3.63, 3.8) is 0 Å². The normalized spacial score (nSPS) is 9.33. The third-order valence-electron chi connectivity index (χ3n) is 3.24. The first-order valence-corrected chi connectivity index (χ1v) is 8.82. The van der Waals surface area contributed by atoms with Crippen LogP contribution in [0, 0.1) is 0 Å². The molecule has 0 aliphatic heterocycles. The van der Waals surface area contributed by atoms with Gasteiger partial charge in [0.1, 0.15) is 13.2 Å². The monoisotopic (exact) mass is 416 g/mol. The van der Waals surface area contributed by atoms with Crippen LogP contribution in [0.25, 0.3) is 0 Å². The van der Waals surface area contributed by atoms with Crippen molar-refractivity contribution >= 4 is 24.0 Å². The molecule has 0 spiro atoms. The van der Waals surface area contributed by atoms with E-state index >= 15 is 0 Å². The average molecular weight is 416 g/mol. The average Bonchev–Trinajstić information content (AvgIpc) is 2.75. The third kappa shape index (κ3) is 12.3. The molecule has 0 heterocycles. The fraction of sp³-hybridized carbons (Fsp3) is 0.200. The summed E-state index contributed by atoms with van der Waals surface area (Å²) in [4.78, 5) is 42.6. The van der Waals surface area contributed by atoms with E-state index in [1.54, 1.807) is 0 Å². The highest BCUT2D eigenvalue weighted by Crippen LogP contribution is 2.01. The number of amides is 4. The zero-order chi connectivity index (χ0) is 22.2. The molecule has 0 aromatic heterocycles. The highest BCUT2D eigenvalue weighted by molar-refractivity contribution is 5.81. The van der Waals surface area contributed by atoms with Gasteiger partial charge in [-0.15, -0.1) is 0 Å². The van der Waals surface area contributed by atoms with Gasteiger partial charge in [-0.2, -0.15) is 0 Å². The van der Waals surface area contributed by atoms with Crippen LogP contribution < -0.4 is 22.1 Å². The smallest absolute Gasteiger partial charge is 0.407 e. The van der Waals surface area contributed by atoms with Gasteiger partial charge in [0, 0.05) is 0 Å². The number of alkyl carbamates (subject to hydrolysis) is 2. The number of nitrogens with two attached hydrogens (primary N) is 2. The van der Waals surface area contributed by atoms with E-state index in [1.807, 2.05) is 60.7 Å². The molecule has 0 saturated carbocycles. The summed E-state index contributed by atoms with van der Waals surface area (Å²) in [5.74, 6) is -1.21. The predicted molar refractivity (Wildman–Crippen MR) is 108 cm³/mol. The minimum Gasteiger partial charge on any atom is -0.445 e. The molecule has 160 valence electrons. The number of benzene rings is 2. The fourth-order valence-corrected chi connectivity index (χ4v) is 1.87. The molecule has 0 unspecified atom stereocenters. The van der Waals surface area contributed by atoms with Crippen molar-refractivity contribution in [2.75, 3.05) is 13.1 Å². The number of hydrogen-bond acceptors (Lipinski definition) is 6. The number of carbonyl (C=O) groups excluding carboxylic acids is 4. The molecule has 0 atom stereocenters. The van der Waals surface area contributed by atoms with E-state index in [1.165, 1.54) is 0 Å². The summed E-state index contributed by atoms with van der Waals surface area (Å²) in [6, 6.07) is 18.5. The highest BCUT2D eigenvalue weighted by Gasteiger charge is 2.04. The van der Waals surface area contributed by atoms with Crippen LogP contribution in [-0.2, 0) is 32.3 Å². The maximum Gasteiger partial charge on any atom is 0.407 e. The van der Waals surface area contributed by atoms with Crippen LogP contribution in [0.1, 0.15) is 11.1 Å². The standard InChI is InChI=1S/2C10H12N2O3/c2*11-9(13)6-12-10(14)15-7-8-4-2-1-3-5-8/h2*1-5H,6-7H2,(H2,11,13)(H,12,14). The number of rotatable bonds is 8. The van der Waals surface area contributed by atoms with Gasteiger partial charge in [0.2, 0.25) is 11.8 Å². The Morgan fingerprint density at radius 1 is 0.633 bits per heavy atom. The van der Waals surface area contributed by atoms with Crippen LogP contribution in [0.3, 0.4) is 0 Å². The number of hydrogen-bond donors (Lipinski definition) is 4. The number of ether oxygens (including phenoxy) is 2. The lowest BCUT2D eigenvalue weighted by atomic mass is 10.2. The molecule has 0 aliphatic carbocycles. The second-order valence-electron chi connectivity index (χ2n) is 5.76. The molecule has 4 amide bonds. The van der Waals surface area contributed by atoms with Gasteiger partial charge in [0.05, 0.1) is 13.1 Å². The Bertz CT molecular complexity index is 745. The first-order valence-electron chi connectivity index (χ1n) is 8.82. The first-order chi connectivity index (χ1) is 14.4. The molecule has 0 saturated heterocycles. The summed E-state index contributed by atoms with van der Waals surface area (Å²) in [6.07, 6.45) is -1.31. The van der Waals surface area contributed by atoms with E-state index in [2.05, 4.69) is 10.6 Å². The highest BCUT2D eigenvalue weighted by atomic mass is 16.6. The van der Waals surface area contributed by atoms with Crippen molar-refractivity contribution in [2.45, 2.75) is 13.2 Å². The van der Waals surface area contributed by atoms with Crippen LogP contribution in [0.2, 0.25) is 0 Å². The summed E-state index contributed by atoms with van der Waals surface area (Å²) in [7, 11) is 0. The molecule has 10 heteroatoms. The lowest BCUT2D eigenvalue weighted by molar-refractivity contribution is -0.117. The van der Waals surface area contributed by atoms with Gasteiger partial charge in [-0.3, -0.25) is 9.59 Å². The van der Waals surface area contributed by atoms with E-state index in [-0.39, 0.29) is 26.3 Å². The summed E-state index contributed by atoms with van der Waals surface area (Å²) in [6.45, 7) is -0.0852. The minimum absolute atomic E-state index is 0.172. The molecule has 0 radical (unpaired) electrons. The Kier molecular flexibility index (Phi) is 11.2. The van der Waals surface area contributed by atoms with Crippen molar-refractivity contribution in [1.82, 2.24) is 10.6 Å². The topological polar surface area (TPSA) is 163 Å². The number of nitrogens with one attached hydrogen (secondary N) is 2. The third-order valence-corrected chi connectivity index (χ3v) is 3.24. The summed E-state index contributed by atoms with van der Waals surface area (Å²) >= 11 is 0. The molecule has 2 rings (SSSR count). The first kappa shape index (κ1) is 24.0. The lowest BCUT2D eigenvalue weighted by Crippen LogP contribution is -2.33. The van der Waals surface area contributed by atoms with Crippen molar-refractivity contribution < 1.29 is 28.7 Å².